The number of ether oxygens (including phenoxy) is 1. The summed E-state index contributed by atoms with van der Waals surface area (Å²) in [5.74, 6) is -1.20. The van der Waals surface area contributed by atoms with E-state index in [2.05, 4.69) is 16.6 Å². The van der Waals surface area contributed by atoms with Crippen LogP contribution in [0.25, 0.3) is 0 Å². The minimum atomic E-state index is -3.67. The lowest BCUT2D eigenvalue weighted by Gasteiger charge is -2.05. The average Bonchev–Trinajstić information content (AvgIpc) is 2.88. The molecule has 0 amide bonds. The number of carboxylic acids is 1. The first-order chi connectivity index (χ1) is 9.47. The quantitative estimate of drug-likeness (QED) is 0.563. The Balaban J connectivity index is 2.36. The van der Waals surface area contributed by atoms with Crippen LogP contribution in [-0.4, -0.2) is 44.2 Å². The fourth-order valence-corrected chi connectivity index (χ4v) is 2.53. The summed E-state index contributed by atoms with van der Waals surface area (Å²) in [5, 5.41) is 8.72. The standard InChI is InChI=1S/C12H20N2O5S/c1-2-3-6-19-7-4-5-14-20(17,18)10-8-11(12(15)16)13-9-10/h8-9,13-14H,2-7H2,1H3,(H,15,16). The number of unbranched alkanes of at least 4 members (excludes halogenated alkanes) is 1. The molecule has 0 unspecified atom stereocenters. The van der Waals surface area contributed by atoms with Gasteiger partial charge >= 0.3 is 5.97 Å². The van der Waals surface area contributed by atoms with E-state index in [1.165, 1.54) is 0 Å². The van der Waals surface area contributed by atoms with Gasteiger partial charge < -0.3 is 14.8 Å². The average molecular weight is 304 g/mol. The van der Waals surface area contributed by atoms with Gasteiger partial charge in [-0.1, -0.05) is 13.3 Å². The zero-order valence-electron chi connectivity index (χ0n) is 11.4. The van der Waals surface area contributed by atoms with Crippen LogP contribution in [0.1, 0.15) is 36.7 Å². The highest BCUT2D eigenvalue weighted by molar-refractivity contribution is 7.89. The molecule has 114 valence electrons. The third kappa shape index (κ3) is 5.32. The Morgan fingerprint density at radius 3 is 2.70 bits per heavy atom. The monoisotopic (exact) mass is 304 g/mol. The van der Waals surface area contributed by atoms with Crippen molar-refractivity contribution in [2.75, 3.05) is 19.8 Å². The minimum absolute atomic E-state index is 0.0817. The number of rotatable bonds is 10. The van der Waals surface area contributed by atoms with Gasteiger partial charge in [0.05, 0.1) is 0 Å². The summed E-state index contributed by atoms with van der Waals surface area (Å²) in [6.07, 6.45) is 3.78. The summed E-state index contributed by atoms with van der Waals surface area (Å²) in [7, 11) is -3.67. The molecule has 3 N–H and O–H groups in total. The number of hydrogen-bond acceptors (Lipinski definition) is 4. The molecule has 0 aliphatic rings. The van der Waals surface area contributed by atoms with Gasteiger partial charge in [-0.05, 0) is 18.9 Å². The molecule has 0 fully saturated rings. The topological polar surface area (TPSA) is 108 Å². The molecule has 0 saturated heterocycles. The number of hydrogen-bond donors (Lipinski definition) is 3. The fourth-order valence-electron chi connectivity index (χ4n) is 1.47. The smallest absolute Gasteiger partial charge is 0.352 e. The molecule has 0 aromatic carbocycles. The lowest BCUT2D eigenvalue weighted by molar-refractivity contribution is 0.0691. The maximum Gasteiger partial charge on any atom is 0.352 e. The molecule has 0 bridgehead atoms. The molecule has 0 saturated carbocycles. The van der Waals surface area contributed by atoms with Gasteiger partial charge in [-0.2, -0.15) is 0 Å². The first-order valence-corrected chi connectivity index (χ1v) is 7.95. The van der Waals surface area contributed by atoms with Crippen molar-refractivity contribution < 1.29 is 23.1 Å². The van der Waals surface area contributed by atoms with Crippen LogP contribution in [0.2, 0.25) is 0 Å². The fraction of sp³-hybridized carbons (Fsp3) is 0.583. The number of aromatic nitrogens is 1. The molecule has 0 radical (unpaired) electrons. The van der Waals surface area contributed by atoms with E-state index in [9.17, 15) is 13.2 Å². The normalized spacial score (nSPS) is 11.7. The van der Waals surface area contributed by atoms with Crippen molar-refractivity contribution in [1.29, 1.82) is 0 Å². The molecule has 8 heteroatoms. The lowest BCUT2D eigenvalue weighted by atomic mass is 10.4. The highest BCUT2D eigenvalue weighted by Gasteiger charge is 2.17. The summed E-state index contributed by atoms with van der Waals surface area (Å²) >= 11 is 0. The van der Waals surface area contributed by atoms with E-state index in [1.54, 1.807) is 0 Å². The largest absolute Gasteiger partial charge is 0.477 e. The molecule has 1 aromatic heterocycles. The Labute approximate surface area is 118 Å². The molecule has 7 nitrogen and oxygen atoms in total. The van der Waals surface area contributed by atoms with Crippen LogP contribution in [0, 0.1) is 0 Å². The maximum absolute atomic E-state index is 11.8. The summed E-state index contributed by atoms with van der Waals surface area (Å²) in [6.45, 7) is 3.50. The number of nitrogens with one attached hydrogen (secondary N) is 2. The minimum Gasteiger partial charge on any atom is -0.477 e. The molecular weight excluding hydrogens is 284 g/mol. The highest BCUT2D eigenvalue weighted by atomic mass is 32.2. The first-order valence-electron chi connectivity index (χ1n) is 6.46. The van der Waals surface area contributed by atoms with Crippen molar-refractivity contribution >= 4 is 16.0 Å². The number of sulfonamides is 1. The van der Waals surface area contributed by atoms with Crippen LogP contribution >= 0.6 is 0 Å². The van der Waals surface area contributed by atoms with Crippen molar-refractivity contribution in [1.82, 2.24) is 9.71 Å². The van der Waals surface area contributed by atoms with E-state index in [4.69, 9.17) is 9.84 Å². The Morgan fingerprint density at radius 2 is 2.10 bits per heavy atom. The van der Waals surface area contributed by atoms with Gasteiger partial charge in [0.1, 0.15) is 10.6 Å². The summed E-state index contributed by atoms with van der Waals surface area (Å²) < 4.78 is 31.4. The van der Waals surface area contributed by atoms with Crippen LogP contribution in [0.15, 0.2) is 17.2 Å². The van der Waals surface area contributed by atoms with Crippen molar-refractivity contribution in [2.24, 2.45) is 0 Å². The van der Waals surface area contributed by atoms with Gasteiger partial charge in [-0.15, -0.1) is 0 Å². The number of carboxylic acid groups (broad SMARTS) is 1. The van der Waals surface area contributed by atoms with Crippen LogP contribution in [0.4, 0.5) is 0 Å². The SMILES string of the molecule is CCCCOCCCNS(=O)(=O)c1c[nH]c(C(=O)O)c1. The third-order valence-electron chi connectivity index (χ3n) is 2.60. The summed E-state index contributed by atoms with van der Waals surface area (Å²) in [6, 6.07) is 1.09. The van der Waals surface area contributed by atoms with Crippen molar-refractivity contribution in [3.63, 3.8) is 0 Å². The second-order valence-electron chi connectivity index (χ2n) is 4.27. The molecule has 0 spiro atoms. The van der Waals surface area contributed by atoms with Gasteiger partial charge in [-0.3, -0.25) is 0 Å². The van der Waals surface area contributed by atoms with Gasteiger partial charge in [0, 0.05) is 26.0 Å². The molecule has 1 heterocycles. The van der Waals surface area contributed by atoms with Crippen LogP contribution < -0.4 is 4.72 Å². The number of aromatic carboxylic acids is 1. The van der Waals surface area contributed by atoms with E-state index in [1.807, 2.05) is 0 Å². The van der Waals surface area contributed by atoms with E-state index >= 15 is 0 Å². The first kappa shape index (κ1) is 16.7. The van der Waals surface area contributed by atoms with Crippen molar-refractivity contribution in [2.45, 2.75) is 31.1 Å². The summed E-state index contributed by atoms with van der Waals surface area (Å²) in [5.41, 5.74) is -0.159. The summed E-state index contributed by atoms with van der Waals surface area (Å²) in [4.78, 5) is 13.0. The predicted octanol–water partition coefficient (Wildman–Crippen LogP) is 1.20. The Kier molecular flexibility index (Phi) is 6.69. The number of H-pyrrole nitrogens is 1. The third-order valence-corrected chi connectivity index (χ3v) is 4.04. The molecule has 0 atom stereocenters. The number of aromatic amines is 1. The molecule has 1 rings (SSSR count). The van der Waals surface area contributed by atoms with Gasteiger partial charge in [-0.25, -0.2) is 17.9 Å². The van der Waals surface area contributed by atoms with E-state index in [0.717, 1.165) is 25.1 Å². The van der Waals surface area contributed by atoms with Crippen molar-refractivity contribution in [3.05, 3.63) is 18.0 Å². The maximum atomic E-state index is 11.8. The molecule has 0 aliphatic heterocycles. The molecule has 0 aliphatic carbocycles. The van der Waals surface area contributed by atoms with Crippen LogP contribution in [0.5, 0.6) is 0 Å². The highest BCUT2D eigenvalue weighted by Crippen LogP contribution is 2.10. The number of carbonyl (C=O) groups is 1. The van der Waals surface area contributed by atoms with Crippen LogP contribution in [-0.2, 0) is 14.8 Å². The van der Waals surface area contributed by atoms with Crippen LogP contribution in [0.3, 0.4) is 0 Å². The molecular formula is C12H20N2O5S. The lowest BCUT2D eigenvalue weighted by Crippen LogP contribution is -2.25. The predicted molar refractivity (Wildman–Crippen MR) is 73.3 cm³/mol. The second-order valence-corrected chi connectivity index (χ2v) is 6.04. The Hall–Kier alpha value is -1.38. The Bertz CT molecular complexity index is 524. The van der Waals surface area contributed by atoms with E-state index in [-0.39, 0.29) is 17.1 Å². The zero-order valence-corrected chi connectivity index (χ0v) is 12.2. The van der Waals surface area contributed by atoms with Gasteiger partial charge in [0.25, 0.3) is 0 Å². The van der Waals surface area contributed by atoms with E-state index < -0.39 is 16.0 Å². The molecule has 1 aromatic rings. The second kappa shape index (κ2) is 8.03. The van der Waals surface area contributed by atoms with Gasteiger partial charge in [0.15, 0.2) is 0 Å². The Morgan fingerprint density at radius 1 is 1.40 bits per heavy atom. The van der Waals surface area contributed by atoms with E-state index in [0.29, 0.717) is 19.6 Å². The van der Waals surface area contributed by atoms with Gasteiger partial charge in [0.2, 0.25) is 10.0 Å². The molecule has 20 heavy (non-hydrogen) atoms. The van der Waals surface area contributed by atoms with Crippen molar-refractivity contribution in [3.8, 4) is 0 Å². The zero-order chi connectivity index (χ0) is 15.0.